The average molecular weight is 490 g/mol. The van der Waals surface area contributed by atoms with Crippen molar-refractivity contribution in [1.82, 2.24) is 4.90 Å². The van der Waals surface area contributed by atoms with Gasteiger partial charge in [-0.3, -0.25) is 4.79 Å². The molecule has 0 saturated carbocycles. The van der Waals surface area contributed by atoms with E-state index in [0.29, 0.717) is 3.57 Å². The Labute approximate surface area is 168 Å². The summed E-state index contributed by atoms with van der Waals surface area (Å²) in [4.78, 5) is 14.1. The molecule has 0 aromatic heterocycles. The second-order valence-electron chi connectivity index (χ2n) is 6.85. The molecule has 3 rings (SSSR count). The Kier molecular flexibility index (Phi) is 5.51. The third-order valence-corrected chi connectivity index (χ3v) is 5.54. The predicted octanol–water partition coefficient (Wildman–Crippen LogP) is 2.83. The van der Waals surface area contributed by atoms with E-state index in [2.05, 4.69) is 0 Å². The Morgan fingerprint density at radius 2 is 1.93 bits per heavy atom. The van der Waals surface area contributed by atoms with Crippen molar-refractivity contribution >= 4 is 28.5 Å². The maximum absolute atomic E-state index is 14.4. The molecule has 1 aliphatic heterocycles. The van der Waals surface area contributed by atoms with Crippen LogP contribution in [0.3, 0.4) is 0 Å². The summed E-state index contributed by atoms with van der Waals surface area (Å²) in [5.41, 5.74) is 4.39. The lowest BCUT2D eigenvalue weighted by Gasteiger charge is -2.48. The van der Waals surface area contributed by atoms with Gasteiger partial charge in [0.25, 0.3) is 5.91 Å². The number of nitrogens with two attached hydrogens (primary N) is 1. The normalized spacial score (nSPS) is 16.8. The van der Waals surface area contributed by atoms with Crippen molar-refractivity contribution in [3.8, 4) is 0 Å². The molecular formula is C19H18F3IN2O2. The van der Waals surface area contributed by atoms with Crippen LogP contribution < -0.4 is 5.73 Å². The smallest absolute Gasteiger partial charge is 0.254 e. The Morgan fingerprint density at radius 3 is 2.52 bits per heavy atom. The number of aliphatic hydroxyl groups is 1. The number of carbonyl (C=O) groups is 1. The molecule has 1 unspecified atom stereocenters. The molecule has 0 bridgehead atoms. The first-order valence-corrected chi connectivity index (χ1v) is 9.38. The van der Waals surface area contributed by atoms with Gasteiger partial charge in [0.15, 0.2) is 11.6 Å². The van der Waals surface area contributed by atoms with Gasteiger partial charge < -0.3 is 15.7 Å². The van der Waals surface area contributed by atoms with Crippen molar-refractivity contribution in [3.05, 3.63) is 68.0 Å². The fourth-order valence-corrected chi connectivity index (χ4v) is 3.49. The van der Waals surface area contributed by atoms with E-state index in [9.17, 15) is 23.1 Å². The number of benzene rings is 2. The van der Waals surface area contributed by atoms with E-state index in [4.69, 9.17) is 5.73 Å². The van der Waals surface area contributed by atoms with Gasteiger partial charge in [-0.15, -0.1) is 0 Å². The van der Waals surface area contributed by atoms with E-state index in [0.717, 1.165) is 6.07 Å². The highest BCUT2D eigenvalue weighted by Gasteiger charge is 2.46. The number of hydrogen-bond donors (Lipinski definition) is 2. The average Bonchev–Trinajstić information content (AvgIpc) is 2.57. The molecule has 1 saturated heterocycles. The molecule has 1 amide bonds. The molecule has 8 heteroatoms. The number of likely N-dealkylation sites (tertiary alicyclic amines) is 1. The van der Waals surface area contributed by atoms with Crippen molar-refractivity contribution < 1.29 is 23.1 Å². The topological polar surface area (TPSA) is 66.6 Å². The van der Waals surface area contributed by atoms with E-state index in [1.54, 1.807) is 13.0 Å². The molecule has 144 valence electrons. The van der Waals surface area contributed by atoms with E-state index in [-0.39, 0.29) is 36.2 Å². The summed E-state index contributed by atoms with van der Waals surface area (Å²) in [5, 5.41) is 10.2. The van der Waals surface area contributed by atoms with Gasteiger partial charge in [-0.1, -0.05) is 6.07 Å². The lowest BCUT2D eigenvalue weighted by atomic mass is 9.86. The second kappa shape index (κ2) is 7.40. The zero-order valence-corrected chi connectivity index (χ0v) is 16.6. The number of carbonyl (C=O) groups excluding carboxylic acids is 1. The lowest BCUT2D eigenvalue weighted by Crippen LogP contribution is -2.70. The standard InChI is InChI=1S/C19H18F3IN2O2/c1-10(24)19(27)8-25(9-19)18(26)13-4-5-15(20)17(22)14(13)6-11-2-3-12(23)7-16(11)21/h2-5,7,10,27H,6,8-9,24H2,1H3. The van der Waals surface area contributed by atoms with Gasteiger partial charge in [-0.2, -0.15) is 0 Å². The van der Waals surface area contributed by atoms with Gasteiger partial charge in [-0.05, 0) is 59.3 Å². The molecule has 1 fully saturated rings. The van der Waals surface area contributed by atoms with Crippen LogP contribution in [0.15, 0.2) is 30.3 Å². The monoisotopic (exact) mass is 490 g/mol. The SMILES string of the molecule is CC(N)C1(O)CN(C(=O)c2ccc(F)c(F)c2Cc2ccc(I)cc2F)C1. The summed E-state index contributed by atoms with van der Waals surface area (Å²) in [6, 6.07) is 5.93. The molecular weight excluding hydrogens is 472 g/mol. The Bertz CT molecular complexity index is 899. The number of β-amino-alcohol motifs (C(OH)–C–C–N with tert-alkyl or cyclic N) is 1. The third kappa shape index (κ3) is 3.83. The summed E-state index contributed by atoms with van der Waals surface area (Å²) < 4.78 is 43.0. The van der Waals surface area contributed by atoms with E-state index in [1.165, 1.54) is 23.1 Å². The largest absolute Gasteiger partial charge is 0.385 e. The van der Waals surface area contributed by atoms with Gasteiger partial charge >= 0.3 is 0 Å². The molecule has 4 nitrogen and oxygen atoms in total. The zero-order valence-electron chi connectivity index (χ0n) is 14.5. The Balaban J connectivity index is 1.93. The fraction of sp³-hybridized carbons (Fsp3) is 0.316. The van der Waals surface area contributed by atoms with Crippen LogP contribution in [0.1, 0.15) is 28.4 Å². The van der Waals surface area contributed by atoms with Crippen molar-refractivity contribution in [1.29, 1.82) is 0 Å². The van der Waals surface area contributed by atoms with Crippen molar-refractivity contribution in [3.63, 3.8) is 0 Å². The molecule has 1 aliphatic rings. The minimum Gasteiger partial charge on any atom is -0.385 e. The number of rotatable bonds is 4. The number of hydrogen-bond acceptors (Lipinski definition) is 3. The molecule has 2 aromatic rings. The number of amides is 1. The molecule has 1 atom stereocenters. The second-order valence-corrected chi connectivity index (χ2v) is 8.10. The summed E-state index contributed by atoms with van der Waals surface area (Å²) in [6.45, 7) is 1.63. The molecule has 27 heavy (non-hydrogen) atoms. The van der Waals surface area contributed by atoms with Crippen LogP contribution in [0.4, 0.5) is 13.2 Å². The van der Waals surface area contributed by atoms with Crippen LogP contribution in [0, 0.1) is 21.0 Å². The summed E-state index contributed by atoms with van der Waals surface area (Å²) >= 11 is 1.94. The van der Waals surface area contributed by atoms with Crippen LogP contribution >= 0.6 is 22.6 Å². The van der Waals surface area contributed by atoms with Gasteiger partial charge in [-0.25, -0.2) is 13.2 Å². The first-order valence-electron chi connectivity index (χ1n) is 8.30. The number of nitrogens with zero attached hydrogens (tertiary/aromatic N) is 1. The molecule has 0 aliphatic carbocycles. The summed E-state index contributed by atoms with van der Waals surface area (Å²) in [5.74, 6) is -3.40. The predicted molar refractivity (Wildman–Crippen MR) is 103 cm³/mol. The van der Waals surface area contributed by atoms with Crippen LogP contribution in [0.5, 0.6) is 0 Å². The van der Waals surface area contributed by atoms with Gasteiger partial charge in [0.2, 0.25) is 0 Å². The maximum Gasteiger partial charge on any atom is 0.254 e. The summed E-state index contributed by atoms with van der Waals surface area (Å²) in [7, 11) is 0. The number of halogens is 4. The Hall–Kier alpha value is -1.65. The molecule has 1 heterocycles. The minimum atomic E-state index is -1.20. The summed E-state index contributed by atoms with van der Waals surface area (Å²) in [6.07, 6.45) is -0.265. The minimum absolute atomic E-state index is 0.000170. The van der Waals surface area contributed by atoms with Gasteiger partial charge in [0, 0.05) is 27.2 Å². The first-order chi connectivity index (χ1) is 12.6. The zero-order chi connectivity index (χ0) is 19.9. The van der Waals surface area contributed by atoms with E-state index in [1.807, 2.05) is 22.6 Å². The highest BCUT2D eigenvalue weighted by atomic mass is 127. The van der Waals surface area contributed by atoms with Gasteiger partial charge in [0.05, 0.1) is 13.1 Å². The van der Waals surface area contributed by atoms with Crippen molar-refractivity contribution in [2.24, 2.45) is 5.73 Å². The highest BCUT2D eigenvalue weighted by Crippen LogP contribution is 2.29. The van der Waals surface area contributed by atoms with E-state index >= 15 is 0 Å². The van der Waals surface area contributed by atoms with Crippen LogP contribution in [0.25, 0.3) is 0 Å². The van der Waals surface area contributed by atoms with Gasteiger partial charge in [0.1, 0.15) is 11.4 Å². The molecule has 0 spiro atoms. The highest BCUT2D eigenvalue weighted by molar-refractivity contribution is 14.1. The van der Waals surface area contributed by atoms with Crippen LogP contribution in [-0.4, -0.2) is 40.6 Å². The van der Waals surface area contributed by atoms with Crippen molar-refractivity contribution in [2.45, 2.75) is 25.0 Å². The third-order valence-electron chi connectivity index (χ3n) is 4.87. The molecule has 2 aromatic carbocycles. The Morgan fingerprint density at radius 1 is 1.26 bits per heavy atom. The first kappa shape index (κ1) is 20.1. The molecule has 3 N–H and O–H groups in total. The van der Waals surface area contributed by atoms with E-state index < -0.39 is 35.0 Å². The molecule has 0 radical (unpaired) electrons. The lowest BCUT2D eigenvalue weighted by molar-refractivity contribution is -0.0931. The quantitative estimate of drug-likeness (QED) is 0.649. The van der Waals surface area contributed by atoms with Crippen molar-refractivity contribution in [2.75, 3.05) is 13.1 Å². The van der Waals surface area contributed by atoms with Crippen LogP contribution in [0.2, 0.25) is 0 Å². The fourth-order valence-electron chi connectivity index (χ4n) is 3.04. The maximum atomic E-state index is 14.4. The van der Waals surface area contributed by atoms with Crippen LogP contribution in [-0.2, 0) is 6.42 Å².